The fourth-order valence-electron chi connectivity index (χ4n) is 3.11. The van der Waals surface area contributed by atoms with Crippen LogP contribution in [-0.2, 0) is 0 Å². The second kappa shape index (κ2) is 6.26. The number of nitrogens with zero attached hydrogens (tertiary/aromatic N) is 4. The Kier molecular flexibility index (Phi) is 5.44. The average molecular weight is 325 g/mol. The zero-order chi connectivity index (χ0) is 14.8. The molecular weight excluding hydrogens is 297 g/mol. The van der Waals surface area contributed by atoms with Crippen LogP contribution in [0.4, 0.5) is 5.69 Å². The van der Waals surface area contributed by atoms with Gasteiger partial charge in [-0.15, -0.1) is 0 Å². The van der Waals surface area contributed by atoms with Gasteiger partial charge in [0.15, 0.2) is 0 Å². The predicted molar refractivity (Wildman–Crippen MR) is 86.4 cm³/mol. The molecule has 1 aromatic carbocycles. The summed E-state index contributed by atoms with van der Waals surface area (Å²) in [6.07, 6.45) is 0. The van der Waals surface area contributed by atoms with Crippen molar-refractivity contribution in [3.8, 4) is 0 Å². The molecule has 0 aliphatic heterocycles. The second-order valence-corrected chi connectivity index (χ2v) is 15.2. The Labute approximate surface area is 121 Å². The van der Waals surface area contributed by atoms with E-state index in [1.165, 1.54) is 11.3 Å². The maximum absolute atomic E-state index is 2.67. The van der Waals surface area contributed by atoms with Crippen molar-refractivity contribution in [2.45, 2.75) is 6.92 Å². The van der Waals surface area contributed by atoms with E-state index >= 15 is 0 Å². The number of aryl methyl sites for hydroxylation is 1. The number of anilines is 1. The predicted octanol–water partition coefficient (Wildman–Crippen LogP) is 1.55. The summed E-state index contributed by atoms with van der Waals surface area (Å²) in [4.78, 5) is 0. The standard InChI is InChI=1S/C14H28GeN4/c1-13-10-9-11-14(12-13)19(8)15(16(2)3,17(4)5)18(6)7/h9-12H,1-8H3. The molecule has 0 N–H and O–H groups in total. The van der Waals surface area contributed by atoms with E-state index in [0.717, 1.165) is 0 Å². The molecule has 19 heavy (non-hydrogen) atoms. The first-order valence-corrected chi connectivity index (χ1v) is 10.3. The molecule has 0 bridgehead atoms. The molecule has 0 heterocycles. The van der Waals surface area contributed by atoms with Crippen molar-refractivity contribution in [2.24, 2.45) is 0 Å². The summed E-state index contributed by atoms with van der Waals surface area (Å²) < 4.78 is 9.69. The summed E-state index contributed by atoms with van der Waals surface area (Å²) in [6.45, 7) is 2.15. The van der Waals surface area contributed by atoms with E-state index in [2.05, 4.69) is 96.0 Å². The molecule has 0 saturated carbocycles. The molecule has 0 atom stereocenters. The van der Waals surface area contributed by atoms with Gasteiger partial charge in [-0.25, -0.2) is 0 Å². The van der Waals surface area contributed by atoms with Crippen LogP contribution in [0.15, 0.2) is 24.3 Å². The molecule has 0 spiro atoms. The van der Waals surface area contributed by atoms with Crippen LogP contribution < -0.4 is 3.86 Å². The molecule has 1 aromatic rings. The summed E-state index contributed by atoms with van der Waals surface area (Å²) >= 11 is -2.67. The fourth-order valence-corrected chi connectivity index (χ4v) is 12.9. The van der Waals surface area contributed by atoms with Crippen LogP contribution >= 0.6 is 0 Å². The average Bonchev–Trinajstić information content (AvgIpc) is 2.27. The van der Waals surface area contributed by atoms with Gasteiger partial charge in [0, 0.05) is 0 Å². The third-order valence-corrected chi connectivity index (χ3v) is 13.6. The van der Waals surface area contributed by atoms with Crippen LogP contribution in [0.25, 0.3) is 0 Å². The van der Waals surface area contributed by atoms with E-state index in [-0.39, 0.29) is 0 Å². The molecule has 0 aliphatic carbocycles. The molecule has 0 aliphatic rings. The van der Waals surface area contributed by atoms with Gasteiger partial charge < -0.3 is 0 Å². The molecule has 108 valence electrons. The van der Waals surface area contributed by atoms with E-state index in [9.17, 15) is 0 Å². The Balaban J connectivity index is 3.32. The van der Waals surface area contributed by atoms with Crippen LogP contribution in [0.3, 0.4) is 0 Å². The van der Waals surface area contributed by atoms with Gasteiger partial charge >= 0.3 is 121 Å². The molecule has 0 aromatic heterocycles. The molecule has 0 unspecified atom stereocenters. The minimum atomic E-state index is -2.67. The van der Waals surface area contributed by atoms with Crippen LogP contribution in [0, 0.1) is 6.92 Å². The third kappa shape index (κ3) is 2.97. The quantitative estimate of drug-likeness (QED) is 0.762. The second-order valence-electron chi connectivity index (χ2n) is 5.68. The number of benzene rings is 1. The first-order chi connectivity index (χ1) is 8.74. The fraction of sp³-hybridized carbons (Fsp3) is 0.571. The Bertz CT molecular complexity index is 396. The molecular formula is C14H28GeN4. The van der Waals surface area contributed by atoms with Crippen LogP contribution in [0.5, 0.6) is 0 Å². The van der Waals surface area contributed by atoms with Crippen LogP contribution in [-0.4, -0.2) is 75.1 Å². The van der Waals surface area contributed by atoms with E-state index in [0.29, 0.717) is 0 Å². The van der Waals surface area contributed by atoms with Gasteiger partial charge in [-0.2, -0.15) is 0 Å². The van der Waals surface area contributed by atoms with Crippen LogP contribution in [0.2, 0.25) is 0 Å². The Morgan fingerprint density at radius 1 is 0.789 bits per heavy atom. The van der Waals surface area contributed by atoms with E-state index in [4.69, 9.17) is 0 Å². The summed E-state index contributed by atoms with van der Waals surface area (Å²) in [5, 5.41) is 0. The third-order valence-electron chi connectivity index (χ3n) is 3.64. The summed E-state index contributed by atoms with van der Waals surface area (Å²) in [6, 6.07) is 8.74. The first kappa shape index (κ1) is 16.5. The van der Waals surface area contributed by atoms with E-state index in [1.54, 1.807) is 0 Å². The van der Waals surface area contributed by atoms with E-state index in [1.807, 2.05) is 0 Å². The first-order valence-electron chi connectivity index (χ1n) is 6.57. The van der Waals surface area contributed by atoms with Crippen LogP contribution in [0.1, 0.15) is 5.56 Å². The molecule has 0 radical (unpaired) electrons. The Morgan fingerprint density at radius 2 is 1.26 bits per heavy atom. The summed E-state index contributed by atoms with van der Waals surface area (Å²) in [7, 11) is 15.3. The van der Waals surface area contributed by atoms with Crippen molar-refractivity contribution in [1.29, 1.82) is 0 Å². The molecule has 0 saturated heterocycles. The van der Waals surface area contributed by atoms with Crippen molar-refractivity contribution in [3.05, 3.63) is 29.8 Å². The summed E-state index contributed by atoms with van der Waals surface area (Å²) in [5.74, 6) is 0. The van der Waals surface area contributed by atoms with Crippen molar-refractivity contribution in [2.75, 3.05) is 53.2 Å². The molecule has 5 heteroatoms. The monoisotopic (exact) mass is 326 g/mol. The number of rotatable bonds is 5. The van der Waals surface area contributed by atoms with Crippen molar-refractivity contribution in [1.82, 2.24) is 11.6 Å². The molecule has 0 fully saturated rings. The van der Waals surface area contributed by atoms with Gasteiger partial charge in [0.1, 0.15) is 0 Å². The van der Waals surface area contributed by atoms with Gasteiger partial charge in [-0.05, 0) is 0 Å². The number of hydrogen-bond donors (Lipinski definition) is 0. The van der Waals surface area contributed by atoms with Gasteiger partial charge in [0.25, 0.3) is 0 Å². The molecule has 1 rings (SSSR count). The Hall–Kier alpha value is -0.557. The SMILES string of the molecule is Cc1cccc([N](C)[Ge]([N](C)C)([N](C)C)[N](C)C)c1. The number of hydrogen-bond acceptors (Lipinski definition) is 4. The van der Waals surface area contributed by atoms with Gasteiger partial charge in [0.05, 0.1) is 0 Å². The Morgan fingerprint density at radius 3 is 1.63 bits per heavy atom. The summed E-state index contributed by atoms with van der Waals surface area (Å²) in [5.41, 5.74) is 2.59. The topological polar surface area (TPSA) is 13.0 Å². The zero-order valence-corrected chi connectivity index (χ0v) is 15.7. The van der Waals surface area contributed by atoms with Gasteiger partial charge in [-0.3, -0.25) is 0 Å². The zero-order valence-electron chi connectivity index (χ0n) is 13.6. The van der Waals surface area contributed by atoms with Crippen molar-refractivity contribution in [3.63, 3.8) is 0 Å². The minimum absolute atomic E-state index is 1.29. The van der Waals surface area contributed by atoms with Gasteiger partial charge in [0.2, 0.25) is 0 Å². The van der Waals surface area contributed by atoms with Gasteiger partial charge in [-0.1, -0.05) is 0 Å². The normalized spacial score (nSPS) is 12.6. The molecule has 0 amide bonds. The molecule has 4 nitrogen and oxygen atoms in total. The maximum atomic E-state index is 2.48. The van der Waals surface area contributed by atoms with Crippen molar-refractivity contribution >= 4 is 19.8 Å². The van der Waals surface area contributed by atoms with E-state index < -0.39 is 14.2 Å². The van der Waals surface area contributed by atoms with Crippen molar-refractivity contribution < 1.29 is 0 Å².